The Bertz CT molecular complexity index is 843. The van der Waals surface area contributed by atoms with Crippen LogP contribution in [-0.2, 0) is 0 Å². The quantitative estimate of drug-likeness (QED) is 0.777. The molecule has 1 atom stereocenters. The summed E-state index contributed by atoms with van der Waals surface area (Å²) in [4.78, 5) is 22.1. The number of imidazole rings is 1. The molecule has 0 spiro atoms. The molecule has 5 heteroatoms. The maximum atomic E-state index is 12.4. The standard InChI is InChI=1S/C19H20N4O/c24-19(14-8-9-17-18(11-14)22-13-21-17)20-12-16-7-4-10-23(16)15-5-2-1-3-6-15/h1-3,5-6,8-9,11,13,16H,4,7,10,12H2,(H,20,24)(H,21,22). The monoisotopic (exact) mass is 320 g/mol. The Morgan fingerprint density at radius 3 is 3.00 bits per heavy atom. The zero-order valence-electron chi connectivity index (χ0n) is 13.4. The number of rotatable bonds is 4. The molecule has 4 rings (SSSR count). The zero-order valence-corrected chi connectivity index (χ0v) is 13.4. The van der Waals surface area contributed by atoms with Gasteiger partial charge in [-0.2, -0.15) is 0 Å². The Morgan fingerprint density at radius 1 is 1.25 bits per heavy atom. The normalized spacial score (nSPS) is 17.3. The van der Waals surface area contributed by atoms with E-state index in [2.05, 4.69) is 44.5 Å². The van der Waals surface area contributed by atoms with Crippen LogP contribution in [0.5, 0.6) is 0 Å². The van der Waals surface area contributed by atoms with Gasteiger partial charge in [-0.1, -0.05) is 18.2 Å². The number of nitrogens with one attached hydrogen (secondary N) is 2. The smallest absolute Gasteiger partial charge is 0.251 e. The topological polar surface area (TPSA) is 61.0 Å². The van der Waals surface area contributed by atoms with Crippen molar-refractivity contribution in [3.63, 3.8) is 0 Å². The van der Waals surface area contributed by atoms with Gasteiger partial charge in [0.15, 0.2) is 0 Å². The zero-order chi connectivity index (χ0) is 16.4. The number of hydrogen-bond donors (Lipinski definition) is 2. The van der Waals surface area contributed by atoms with Crippen LogP contribution in [0, 0.1) is 0 Å². The molecule has 1 saturated heterocycles. The molecule has 3 aromatic rings. The number of benzene rings is 2. The molecule has 2 aromatic carbocycles. The summed E-state index contributed by atoms with van der Waals surface area (Å²) in [7, 11) is 0. The summed E-state index contributed by atoms with van der Waals surface area (Å²) < 4.78 is 0. The maximum Gasteiger partial charge on any atom is 0.251 e. The Balaban J connectivity index is 1.43. The van der Waals surface area contributed by atoms with Gasteiger partial charge in [0.1, 0.15) is 0 Å². The van der Waals surface area contributed by atoms with Gasteiger partial charge in [-0.25, -0.2) is 4.98 Å². The molecule has 1 unspecified atom stereocenters. The third kappa shape index (κ3) is 2.85. The average molecular weight is 320 g/mol. The summed E-state index contributed by atoms with van der Waals surface area (Å²) >= 11 is 0. The van der Waals surface area contributed by atoms with Crippen molar-refractivity contribution in [2.45, 2.75) is 18.9 Å². The fraction of sp³-hybridized carbons (Fsp3) is 0.263. The number of para-hydroxylation sites is 1. The van der Waals surface area contributed by atoms with Crippen molar-refractivity contribution in [2.75, 3.05) is 18.0 Å². The molecule has 5 nitrogen and oxygen atoms in total. The average Bonchev–Trinajstić information content (AvgIpc) is 3.28. The number of fused-ring (bicyclic) bond motifs is 1. The summed E-state index contributed by atoms with van der Waals surface area (Å²) in [5, 5.41) is 3.08. The summed E-state index contributed by atoms with van der Waals surface area (Å²) in [5.41, 5.74) is 3.65. The highest BCUT2D eigenvalue weighted by atomic mass is 16.1. The minimum absolute atomic E-state index is 0.0357. The SMILES string of the molecule is O=C(NCC1CCCN1c1ccccc1)c1ccc2nc[nH]c2c1. The van der Waals surface area contributed by atoms with Crippen LogP contribution in [0.25, 0.3) is 11.0 Å². The molecule has 0 radical (unpaired) electrons. The van der Waals surface area contributed by atoms with Gasteiger partial charge in [0.05, 0.1) is 17.4 Å². The van der Waals surface area contributed by atoms with Gasteiger partial charge >= 0.3 is 0 Å². The molecule has 24 heavy (non-hydrogen) atoms. The largest absolute Gasteiger partial charge is 0.367 e. The van der Waals surface area contributed by atoms with Crippen molar-refractivity contribution in [1.82, 2.24) is 15.3 Å². The van der Waals surface area contributed by atoms with Crippen molar-refractivity contribution >= 4 is 22.6 Å². The summed E-state index contributed by atoms with van der Waals surface area (Å²) in [6.45, 7) is 1.71. The lowest BCUT2D eigenvalue weighted by atomic mass is 10.1. The van der Waals surface area contributed by atoms with Crippen molar-refractivity contribution < 1.29 is 4.79 Å². The number of aromatic amines is 1. The van der Waals surface area contributed by atoms with Crippen LogP contribution >= 0.6 is 0 Å². The first-order chi connectivity index (χ1) is 11.8. The van der Waals surface area contributed by atoms with Crippen LogP contribution in [0.1, 0.15) is 23.2 Å². The molecular formula is C19H20N4O. The van der Waals surface area contributed by atoms with Crippen LogP contribution < -0.4 is 10.2 Å². The molecule has 1 amide bonds. The first-order valence-electron chi connectivity index (χ1n) is 8.34. The second-order valence-electron chi connectivity index (χ2n) is 6.17. The summed E-state index contributed by atoms with van der Waals surface area (Å²) in [6.07, 6.45) is 3.91. The Morgan fingerprint density at radius 2 is 2.12 bits per heavy atom. The van der Waals surface area contributed by atoms with Gasteiger partial charge in [-0.3, -0.25) is 4.79 Å². The first kappa shape index (κ1) is 14.8. The van der Waals surface area contributed by atoms with Crippen molar-refractivity contribution in [2.24, 2.45) is 0 Å². The van der Waals surface area contributed by atoms with E-state index >= 15 is 0 Å². The molecule has 1 aliphatic heterocycles. The summed E-state index contributed by atoms with van der Waals surface area (Å²) in [6, 6.07) is 16.3. The highest BCUT2D eigenvalue weighted by molar-refractivity contribution is 5.97. The van der Waals surface area contributed by atoms with Crippen LogP contribution in [0.3, 0.4) is 0 Å². The van der Waals surface area contributed by atoms with E-state index in [0.29, 0.717) is 18.2 Å². The van der Waals surface area contributed by atoms with Gasteiger partial charge in [0.25, 0.3) is 5.91 Å². The van der Waals surface area contributed by atoms with Gasteiger partial charge in [-0.05, 0) is 43.2 Å². The van der Waals surface area contributed by atoms with Crippen LogP contribution in [0.15, 0.2) is 54.9 Å². The maximum absolute atomic E-state index is 12.4. The third-order valence-corrected chi connectivity index (χ3v) is 4.65. The van der Waals surface area contributed by atoms with E-state index in [4.69, 9.17) is 0 Å². The van der Waals surface area contributed by atoms with Crippen molar-refractivity contribution in [3.8, 4) is 0 Å². The van der Waals surface area contributed by atoms with Crippen molar-refractivity contribution in [3.05, 3.63) is 60.4 Å². The number of anilines is 1. The van der Waals surface area contributed by atoms with E-state index < -0.39 is 0 Å². The van der Waals surface area contributed by atoms with E-state index in [9.17, 15) is 4.79 Å². The fourth-order valence-corrected chi connectivity index (χ4v) is 3.40. The number of carbonyl (C=O) groups excluding carboxylic acids is 1. The van der Waals surface area contributed by atoms with Gasteiger partial charge < -0.3 is 15.2 Å². The lowest BCUT2D eigenvalue weighted by Crippen LogP contribution is -2.40. The predicted molar refractivity (Wildman–Crippen MR) is 95.2 cm³/mol. The Hall–Kier alpha value is -2.82. The Kier molecular flexibility index (Phi) is 3.91. The number of nitrogens with zero attached hydrogens (tertiary/aromatic N) is 2. The molecule has 1 aliphatic rings. The van der Waals surface area contributed by atoms with Crippen molar-refractivity contribution in [1.29, 1.82) is 0 Å². The second kappa shape index (κ2) is 6.35. The van der Waals surface area contributed by atoms with Crippen LogP contribution in [0.2, 0.25) is 0 Å². The molecule has 0 bridgehead atoms. The van der Waals surface area contributed by atoms with Gasteiger partial charge in [0.2, 0.25) is 0 Å². The first-order valence-corrected chi connectivity index (χ1v) is 8.34. The number of H-pyrrole nitrogens is 1. The summed E-state index contributed by atoms with van der Waals surface area (Å²) in [5.74, 6) is -0.0357. The molecule has 2 heterocycles. The molecular weight excluding hydrogens is 300 g/mol. The van der Waals surface area contributed by atoms with E-state index in [0.717, 1.165) is 30.4 Å². The number of carbonyl (C=O) groups is 1. The van der Waals surface area contributed by atoms with E-state index in [1.54, 1.807) is 6.33 Å². The van der Waals surface area contributed by atoms with E-state index in [-0.39, 0.29) is 5.91 Å². The molecule has 1 fully saturated rings. The molecule has 122 valence electrons. The number of amides is 1. The van der Waals surface area contributed by atoms with Crippen LogP contribution in [-0.4, -0.2) is 35.0 Å². The second-order valence-corrected chi connectivity index (χ2v) is 6.17. The lowest BCUT2D eigenvalue weighted by Gasteiger charge is -2.27. The fourth-order valence-electron chi connectivity index (χ4n) is 3.40. The Labute approximate surface area is 140 Å². The minimum atomic E-state index is -0.0357. The molecule has 0 saturated carbocycles. The van der Waals surface area contributed by atoms with Crippen LogP contribution in [0.4, 0.5) is 5.69 Å². The van der Waals surface area contributed by atoms with Gasteiger partial charge in [0, 0.05) is 30.4 Å². The predicted octanol–water partition coefficient (Wildman–Crippen LogP) is 2.96. The van der Waals surface area contributed by atoms with E-state index in [1.165, 1.54) is 5.69 Å². The number of aromatic nitrogens is 2. The highest BCUT2D eigenvalue weighted by Gasteiger charge is 2.25. The molecule has 0 aliphatic carbocycles. The minimum Gasteiger partial charge on any atom is -0.367 e. The lowest BCUT2D eigenvalue weighted by molar-refractivity contribution is 0.0951. The van der Waals surface area contributed by atoms with Gasteiger partial charge in [-0.15, -0.1) is 0 Å². The highest BCUT2D eigenvalue weighted by Crippen LogP contribution is 2.24. The molecule has 1 aromatic heterocycles. The number of hydrogen-bond acceptors (Lipinski definition) is 3. The third-order valence-electron chi connectivity index (χ3n) is 4.65. The molecule has 2 N–H and O–H groups in total. The van der Waals surface area contributed by atoms with E-state index in [1.807, 2.05) is 24.3 Å².